The smallest absolute Gasteiger partial charge is 0.325 e. The van der Waals surface area contributed by atoms with E-state index in [4.69, 9.17) is 4.74 Å². The number of hydrogen-bond acceptors (Lipinski definition) is 4. The second kappa shape index (κ2) is 5.81. The second-order valence-electron chi connectivity index (χ2n) is 5.46. The Labute approximate surface area is 123 Å². The van der Waals surface area contributed by atoms with E-state index < -0.39 is 5.54 Å². The number of H-pyrrole nitrogens is 1. The Kier molecular flexibility index (Phi) is 4.27. The first kappa shape index (κ1) is 15.4. The maximum absolute atomic E-state index is 13.6. The van der Waals surface area contributed by atoms with Crippen LogP contribution in [-0.2, 0) is 16.1 Å². The van der Waals surface area contributed by atoms with Gasteiger partial charge in [0.1, 0.15) is 16.9 Å². The fourth-order valence-electron chi connectivity index (χ4n) is 2.01. The number of rotatable bonds is 5. The van der Waals surface area contributed by atoms with Gasteiger partial charge in [0.15, 0.2) is 5.82 Å². The van der Waals surface area contributed by atoms with Gasteiger partial charge in [-0.05, 0) is 40.0 Å². The molecule has 0 unspecified atom stereocenters. The van der Waals surface area contributed by atoms with E-state index in [2.05, 4.69) is 9.97 Å². The van der Waals surface area contributed by atoms with Gasteiger partial charge in [-0.15, -0.1) is 0 Å². The van der Waals surface area contributed by atoms with Crippen molar-refractivity contribution in [2.24, 2.45) is 0 Å². The summed E-state index contributed by atoms with van der Waals surface area (Å²) in [6.45, 7) is 6.07. The Morgan fingerprint density at radius 3 is 2.81 bits per heavy atom. The first-order chi connectivity index (χ1) is 9.86. The summed E-state index contributed by atoms with van der Waals surface area (Å²) in [5.41, 5.74) is 0.176. The number of aromatic amines is 1. The second-order valence-corrected chi connectivity index (χ2v) is 5.46. The van der Waals surface area contributed by atoms with Crippen LogP contribution < -0.4 is 0 Å². The lowest BCUT2D eigenvalue weighted by molar-refractivity contribution is -0.155. The van der Waals surface area contributed by atoms with Crippen LogP contribution in [0, 0.1) is 5.82 Å². The number of benzene rings is 1. The van der Waals surface area contributed by atoms with Crippen molar-refractivity contribution in [1.82, 2.24) is 14.9 Å². The van der Waals surface area contributed by atoms with E-state index in [-0.39, 0.29) is 11.8 Å². The number of fused-ring (bicyclic) bond motifs is 1. The molecule has 0 spiro atoms. The monoisotopic (exact) mass is 293 g/mol. The number of likely N-dealkylation sites (N-methyl/N-ethyl adjacent to an activating group) is 1. The molecule has 0 saturated carbocycles. The van der Waals surface area contributed by atoms with Crippen LogP contribution in [0.1, 0.15) is 26.6 Å². The van der Waals surface area contributed by atoms with Crippen LogP contribution in [0.15, 0.2) is 18.2 Å². The maximum atomic E-state index is 13.6. The first-order valence-corrected chi connectivity index (χ1v) is 6.87. The average Bonchev–Trinajstić information content (AvgIpc) is 2.83. The van der Waals surface area contributed by atoms with E-state index >= 15 is 0 Å². The molecule has 6 heteroatoms. The minimum atomic E-state index is -0.784. The van der Waals surface area contributed by atoms with E-state index in [9.17, 15) is 9.18 Å². The summed E-state index contributed by atoms with van der Waals surface area (Å²) in [4.78, 5) is 21.1. The molecule has 0 amide bonds. The van der Waals surface area contributed by atoms with Gasteiger partial charge in [-0.25, -0.2) is 9.37 Å². The van der Waals surface area contributed by atoms with Crippen molar-refractivity contribution in [3.8, 4) is 0 Å². The number of carbonyl (C=O) groups excluding carboxylic acids is 1. The van der Waals surface area contributed by atoms with Crippen LogP contribution in [0.25, 0.3) is 11.0 Å². The summed E-state index contributed by atoms with van der Waals surface area (Å²) in [6.07, 6.45) is 0. The normalized spacial score (nSPS) is 12.1. The topological polar surface area (TPSA) is 58.2 Å². The van der Waals surface area contributed by atoms with E-state index in [1.54, 1.807) is 40.0 Å². The number of esters is 1. The van der Waals surface area contributed by atoms with Gasteiger partial charge >= 0.3 is 5.97 Å². The van der Waals surface area contributed by atoms with Gasteiger partial charge in [0.05, 0.1) is 18.7 Å². The zero-order valence-electron chi connectivity index (χ0n) is 12.7. The van der Waals surface area contributed by atoms with E-state index in [1.807, 2.05) is 4.90 Å². The van der Waals surface area contributed by atoms with Crippen LogP contribution in [0.4, 0.5) is 4.39 Å². The number of nitrogens with zero attached hydrogens (tertiary/aromatic N) is 2. The third-order valence-corrected chi connectivity index (χ3v) is 3.63. The molecule has 0 bridgehead atoms. The molecule has 0 atom stereocenters. The minimum absolute atomic E-state index is 0.296. The van der Waals surface area contributed by atoms with E-state index in [0.29, 0.717) is 30.0 Å². The molecule has 0 fully saturated rings. The van der Waals surface area contributed by atoms with Crippen LogP contribution in [0.5, 0.6) is 0 Å². The zero-order valence-corrected chi connectivity index (χ0v) is 12.7. The van der Waals surface area contributed by atoms with Crippen molar-refractivity contribution >= 4 is 17.0 Å². The standard InChI is InChI=1S/C15H20FN3O2/c1-5-21-14(20)15(2,3)19(4)9-12-17-11-8-6-7-10(16)13(11)18-12/h6-8H,5,9H2,1-4H3,(H,17,18). The maximum Gasteiger partial charge on any atom is 0.325 e. The van der Waals surface area contributed by atoms with Crippen LogP contribution in [0.3, 0.4) is 0 Å². The van der Waals surface area contributed by atoms with Crippen LogP contribution in [-0.4, -0.2) is 40.0 Å². The molecule has 0 radical (unpaired) electrons. The summed E-state index contributed by atoms with van der Waals surface area (Å²) in [5.74, 6) is -0.0490. The Morgan fingerprint density at radius 2 is 2.19 bits per heavy atom. The molecule has 1 aromatic carbocycles. The summed E-state index contributed by atoms with van der Waals surface area (Å²) >= 11 is 0. The lowest BCUT2D eigenvalue weighted by atomic mass is 10.0. The molecule has 0 aliphatic carbocycles. The highest BCUT2D eigenvalue weighted by Gasteiger charge is 2.34. The summed E-state index contributed by atoms with van der Waals surface area (Å²) < 4.78 is 18.7. The molecular formula is C15H20FN3O2. The molecule has 2 rings (SSSR count). The van der Waals surface area contributed by atoms with Gasteiger partial charge in [-0.1, -0.05) is 6.07 Å². The largest absolute Gasteiger partial charge is 0.465 e. The molecule has 2 aromatic rings. The number of imidazole rings is 1. The van der Waals surface area contributed by atoms with E-state index in [1.165, 1.54) is 6.07 Å². The quantitative estimate of drug-likeness (QED) is 0.860. The number of ether oxygens (including phenoxy) is 1. The number of carbonyl (C=O) groups is 1. The van der Waals surface area contributed by atoms with Crippen molar-refractivity contribution in [2.45, 2.75) is 32.9 Å². The Morgan fingerprint density at radius 1 is 1.48 bits per heavy atom. The van der Waals surface area contributed by atoms with Gasteiger partial charge in [-0.3, -0.25) is 9.69 Å². The molecule has 1 heterocycles. The van der Waals surface area contributed by atoms with Gasteiger partial charge in [0.2, 0.25) is 0 Å². The number of halogens is 1. The fraction of sp³-hybridized carbons (Fsp3) is 0.467. The zero-order chi connectivity index (χ0) is 15.6. The van der Waals surface area contributed by atoms with Crippen molar-refractivity contribution in [1.29, 1.82) is 0 Å². The first-order valence-electron chi connectivity index (χ1n) is 6.87. The molecular weight excluding hydrogens is 273 g/mol. The molecule has 0 aliphatic heterocycles. The average molecular weight is 293 g/mol. The van der Waals surface area contributed by atoms with Gasteiger partial charge in [0, 0.05) is 0 Å². The van der Waals surface area contributed by atoms with E-state index in [0.717, 1.165) is 0 Å². The van der Waals surface area contributed by atoms with Gasteiger partial charge < -0.3 is 9.72 Å². The molecule has 1 N–H and O–H groups in total. The highest BCUT2D eigenvalue weighted by atomic mass is 19.1. The number of nitrogens with one attached hydrogen (secondary N) is 1. The highest BCUT2D eigenvalue weighted by molar-refractivity contribution is 5.79. The number of hydrogen-bond donors (Lipinski definition) is 1. The Hall–Kier alpha value is -1.95. The highest BCUT2D eigenvalue weighted by Crippen LogP contribution is 2.19. The molecule has 0 aliphatic rings. The molecule has 5 nitrogen and oxygen atoms in total. The predicted molar refractivity (Wildman–Crippen MR) is 78.2 cm³/mol. The Bertz CT molecular complexity index is 651. The molecule has 0 saturated heterocycles. The van der Waals surface area contributed by atoms with Crippen molar-refractivity contribution in [3.05, 3.63) is 29.8 Å². The number of aromatic nitrogens is 2. The third kappa shape index (κ3) is 3.05. The Balaban J connectivity index is 2.19. The number of para-hydroxylation sites is 1. The molecule has 114 valence electrons. The SMILES string of the molecule is CCOC(=O)C(C)(C)N(C)Cc1nc2c(F)cccc2[nH]1. The summed E-state index contributed by atoms with van der Waals surface area (Å²) in [5, 5.41) is 0. The lowest BCUT2D eigenvalue weighted by Gasteiger charge is -2.32. The van der Waals surface area contributed by atoms with Crippen molar-refractivity contribution in [3.63, 3.8) is 0 Å². The van der Waals surface area contributed by atoms with Gasteiger partial charge in [-0.2, -0.15) is 0 Å². The van der Waals surface area contributed by atoms with Gasteiger partial charge in [0.25, 0.3) is 0 Å². The van der Waals surface area contributed by atoms with Crippen molar-refractivity contribution < 1.29 is 13.9 Å². The minimum Gasteiger partial charge on any atom is -0.465 e. The summed E-state index contributed by atoms with van der Waals surface area (Å²) in [6, 6.07) is 4.77. The van der Waals surface area contributed by atoms with Crippen LogP contribution in [0.2, 0.25) is 0 Å². The molecule has 1 aromatic heterocycles. The third-order valence-electron chi connectivity index (χ3n) is 3.63. The summed E-state index contributed by atoms with van der Waals surface area (Å²) in [7, 11) is 1.81. The van der Waals surface area contributed by atoms with Crippen molar-refractivity contribution in [2.75, 3.05) is 13.7 Å². The fourth-order valence-corrected chi connectivity index (χ4v) is 2.01. The molecule has 21 heavy (non-hydrogen) atoms. The van der Waals surface area contributed by atoms with Crippen LogP contribution >= 0.6 is 0 Å². The predicted octanol–water partition coefficient (Wildman–Crippen LogP) is 2.48. The lowest BCUT2D eigenvalue weighted by Crippen LogP contribution is -2.48.